The van der Waals surface area contributed by atoms with Crippen LogP contribution >= 0.6 is 0 Å². The van der Waals surface area contributed by atoms with Gasteiger partial charge in [0.25, 0.3) is 5.91 Å². The van der Waals surface area contributed by atoms with E-state index in [0.29, 0.717) is 19.7 Å². The first kappa shape index (κ1) is 12.7. The molecular weight excluding hydrogens is 250 g/mol. The Kier molecular flexibility index (Phi) is 3.42. The van der Waals surface area contributed by atoms with Gasteiger partial charge < -0.3 is 9.64 Å². The van der Waals surface area contributed by atoms with Gasteiger partial charge in [0.2, 0.25) is 0 Å². The SMILES string of the molecule is Cc1cccc(OCCN2Cc3ccccc3C2=O)c1. The summed E-state index contributed by atoms with van der Waals surface area (Å²) >= 11 is 0. The fraction of sp³-hybridized carbons (Fsp3) is 0.235. The number of aryl methyl sites for hydroxylation is 1. The zero-order valence-corrected chi connectivity index (χ0v) is 11.5. The molecule has 0 fully saturated rings. The minimum absolute atomic E-state index is 0.105. The molecule has 0 atom stereocenters. The number of nitrogens with zero attached hydrogens (tertiary/aromatic N) is 1. The van der Waals surface area contributed by atoms with E-state index in [1.807, 2.05) is 60.4 Å². The molecule has 0 saturated heterocycles. The molecule has 0 N–H and O–H groups in total. The van der Waals surface area contributed by atoms with E-state index < -0.39 is 0 Å². The summed E-state index contributed by atoms with van der Waals surface area (Å²) in [6, 6.07) is 15.7. The molecule has 0 aromatic heterocycles. The Balaban J connectivity index is 1.57. The highest BCUT2D eigenvalue weighted by atomic mass is 16.5. The maximum absolute atomic E-state index is 12.2. The maximum atomic E-state index is 12.2. The maximum Gasteiger partial charge on any atom is 0.254 e. The van der Waals surface area contributed by atoms with Crippen molar-refractivity contribution in [3.63, 3.8) is 0 Å². The highest BCUT2D eigenvalue weighted by Gasteiger charge is 2.26. The fourth-order valence-electron chi connectivity index (χ4n) is 2.47. The number of benzene rings is 2. The van der Waals surface area contributed by atoms with E-state index in [-0.39, 0.29) is 5.91 Å². The quantitative estimate of drug-likeness (QED) is 0.852. The van der Waals surface area contributed by atoms with E-state index >= 15 is 0 Å². The summed E-state index contributed by atoms with van der Waals surface area (Å²) in [5.74, 6) is 0.961. The van der Waals surface area contributed by atoms with Gasteiger partial charge in [-0.3, -0.25) is 4.79 Å². The van der Waals surface area contributed by atoms with Crippen LogP contribution in [0.15, 0.2) is 48.5 Å². The number of carbonyl (C=O) groups excluding carboxylic acids is 1. The highest BCUT2D eigenvalue weighted by Crippen LogP contribution is 2.22. The lowest BCUT2D eigenvalue weighted by Gasteiger charge is -2.16. The molecule has 2 aromatic carbocycles. The molecule has 1 amide bonds. The molecule has 0 bridgehead atoms. The van der Waals surface area contributed by atoms with Crippen LogP contribution in [-0.4, -0.2) is 24.0 Å². The van der Waals surface area contributed by atoms with Crippen LogP contribution in [-0.2, 0) is 6.54 Å². The van der Waals surface area contributed by atoms with Crippen molar-refractivity contribution in [3.05, 3.63) is 65.2 Å². The summed E-state index contributed by atoms with van der Waals surface area (Å²) in [5.41, 5.74) is 3.10. The van der Waals surface area contributed by atoms with Crippen molar-refractivity contribution in [2.24, 2.45) is 0 Å². The van der Waals surface area contributed by atoms with Gasteiger partial charge in [0.1, 0.15) is 12.4 Å². The number of ether oxygens (including phenoxy) is 1. The average molecular weight is 267 g/mol. The third-order valence-electron chi connectivity index (χ3n) is 3.52. The Hall–Kier alpha value is -2.29. The number of hydrogen-bond acceptors (Lipinski definition) is 2. The van der Waals surface area contributed by atoms with E-state index in [1.165, 1.54) is 5.56 Å². The van der Waals surface area contributed by atoms with Crippen LogP contribution in [0.5, 0.6) is 5.75 Å². The van der Waals surface area contributed by atoms with Gasteiger partial charge in [-0.2, -0.15) is 0 Å². The molecule has 1 aliphatic rings. The van der Waals surface area contributed by atoms with Crippen LogP contribution in [0.2, 0.25) is 0 Å². The first-order chi connectivity index (χ1) is 9.74. The van der Waals surface area contributed by atoms with Crippen molar-refractivity contribution >= 4 is 5.91 Å². The molecule has 1 heterocycles. The van der Waals surface area contributed by atoms with Gasteiger partial charge >= 0.3 is 0 Å². The van der Waals surface area contributed by atoms with Crippen molar-refractivity contribution in [1.29, 1.82) is 0 Å². The smallest absolute Gasteiger partial charge is 0.254 e. The molecule has 20 heavy (non-hydrogen) atoms. The second-order valence-corrected chi connectivity index (χ2v) is 5.05. The number of rotatable bonds is 4. The second-order valence-electron chi connectivity index (χ2n) is 5.05. The summed E-state index contributed by atoms with van der Waals surface area (Å²) in [7, 11) is 0. The van der Waals surface area contributed by atoms with Crippen LogP contribution in [0.3, 0.4) is 0 Å². The molecule has 1 aliphatic heterocycles. The van der Waals surface area contributed by atoms with Crippen molar-refractivity contribution in [1.82, 2.24) is 4.90 Å². The van der Waals surface area contributed by atoms with Crippen LogP contribution in [0.4, 0.5) is 0 Å². The third kappa shape index (κ3) is 2.52. The number of carbonyl (C=O) groups is 1. The summed E-state index contributed by atoms with van der Waals surface area (Å²) in [6.07, 6.45) is 0. The van der Waals surface area contributed by atoms with Crippen LogP contribution in [0.1, 0.15) is 21.5 Å². The molecule has 0 spiro atoms. The monoisotopic (exact) mass is 267 g/mol. The van der Waals surface area contributed by atoms with E-state index in [9.17, 15) is 4.79 Å². The van der Waals surface area contributed by atoms with Crippen LogP contribution in [0.25, 0.3) is 0 Å². The van der Waals surface area contributed by atoms with Gasteiger partial charge in [0.15, 0.2) is 0 Å². The zero-order valence-electron chi connectivity index (χ0n) is 11.5. The van der Waals surface area contributed by atoms with E-state index in [4.69, 9.17) is 4.74 Å². The Morgan fingerprint density at radius 1 is 1.15 bits per heavy atom. The molecule has 3 heteroatoms. The number of hydrogen-bond donors (Lipinski definition) is 0. The third-order valence-corrected chi connectivity index (χ3v) is 3.52. The second kappa shape index (κ2) is 5.37. The molecule has 3 rings (SSSR count). The topological polar surface area (TPSA) is 29.5 Å². The lowest BCUT2D eigenvalue weighted by molar-refractivity contribution is 0.0753. The summed E-state index contributed by atoms with van der Waals surface area (Å²) in [6.45, 7) is 3.85. The highest BCUT2D eigenvalue weighted by molar-refractivity contribution is 5.98. The largest absolute Gasteiger partial charge is 0.492 e. The standard InChI is InChI=1S/C17H17NO2/c1-13-5-4-7-15(11-13)20-10-9-18-12-14-6-2-3-8-16(14)17(18)19/h2-8,11H,9-10,12H2,1H3. The first-order valence-electron chi connectivity index (χ1n) is 6.81. The van der Waals surface area contributed by atoms with Crippen molar-refractivity contribution in [3.8, 4) is 5.75 Å². The molecule has 0 aliphatic carbocycles. The number of fused-ring (bicyclic) bond motifs is 1. The van der Waals surface area contributed by atoms with Gasteiger partial charge in [-0.05, 0) is 36.2 Å². The predicted octanol–water partition coefficient (Wildman–Crippen LogP) is 3.03. The number of amides is 1. The predicted molar refractivity (Wildman–Crippen MR) is 77.9 cm³/mol. The van der Waals surface area contributed by atoms with Crippen LogP contribution in [0, 0.1) is 6.92 Å². The Morgan fingerprint density at radius 2 is 2.00 bits per heavy atom. The molecule has 102 valence electrons. The lowest BCUT2D eigenvalue weighted by Crippen LogP contribution is -2.28. The zero-order chi connectivity index (χ0) is 13.9. The van der Waals surface area contributed by atoms with Gasteiger partial charge in [-0.25, -0.2) is 0 Å². The van der Waals surface area contributed by atoms with E-state index in [2.05, 4.69) is 0 Å². The van der Waals surface area contributed by atoms with Crippen molar-refractivity contribution in [2.45, 2.75) is 13.5 Å². The normalized spacial score (nSPS) is 13.4. The Labute approximate surface area is 118 Å². The van der Waals surface area contributed by atoms with Crippen molar-refractivity contribution in [2.75, 3.05) is 13.2 Å². The lowest BCUT2D eigenvalue weighted by atomic mass is 10.1. The van der Waals surface area contributed by atoms with Gasteiger partial charge in [0.05, 0.1) is 6.54 Å². The van der Waals surface area contributed by atoms with Crippen molar-refractivity contribution < 1.29 is 9.53 Å². The van der Waals surface area contributed by atoms with Gasteiger partial charge in [-0.15, -0.1) is 0 Å². The molecule has 3 nitrogen and oxygen atoms in total. The Bertz CT molecular complexity index is 636. The summed E-state index contributed by atoms with van der Waals surface area (Å²) < 4.78 is 5.70. The molecular formula is C17H17NO2. The minimum atomic E-state index is 0.105. The molecule has 0 unspecified atom stereocenters. The molecule has 2 aromatic rings. The average Bonchev–Trinajstić information content (AvgIpc) is 2.76. The van der Waals surface area contributed by atoms with E-state index in [0.717, 1.165) is 16.9 Å². The van der Waals surface area contributed by atoms with Gasteiger partial charge in [-0.1, -0.05) is 30.3 Å². The minimum Gasteiger partial charge on any atom is -0.492 e. The first-order valence-corrected chi connectivity index (χ1v) is 6.81. The van der Waals surface area contributed by atoms with Gasteiger partial charge in [0, 0.05) is 12.1 Å². The van der Waals surface area contributed by atoms with E-state index in [1.54, 1.807) is 0 Å². The summed E-state index contributed by atoms with van der Waals surface area (Å²) in [5, 5.41) is 0. The summed E-state index contributed by atoms with van der Waals surface area (Å²) in [4.78, 5) is 14.0. The fourth-order valence-corrected chi connectivity index (χ4v) is 2.47. The van der Waals surface area contributed by atoms with Crippen LogP contribution < -0.4 is 4.74 Å². The molecule has 0 radical (unpaired) electrons. The Morgan fingerprint density at radius 3 is 2.80 bits per heavy atom. The molecule has 0 saturated carbocycles.